The molecule has 3 aromatic rings. The molecular weight excluding hydrogens is 382 g/mol. The quantitative estimate of drug-likeness (QED) is 0.412. The molecule has 1 atom stereocenters. The van der Waals surface area contributed by atoms with Crippen molar-refractivity contribution in [2.75, 3.05) is 25.3 Å². The molecule has 2 N–H and O–H groups in total. The van der Waals surface area contributed by atoms with Gasteiger partial charge in [-0.2, -0.15) is 12.6 Å². The molecule has 0 bridgehead atoms. The van der Waals surface area contributed by atoms with Crippen LogP contribution < -0.4 is 5.32 Å². The summed E-state index contributed by atoms with van der Waals surface area (Å²) < 4.78 is 12.0. The van der Waals surface area contributed by atoms with Gasteiger partial charge < -0.3 is 19.9 Å². The predicted octanol–water partition coefficient (Wildman–Crippen LogP) is 2.57. The van der Waals surface area contributed by atoms with Crippen molar-refractivity contribution in [2.24, 2.45) is 0 Å². The van der Waals surface area contributed by atoms with Gasteiger partial charge in [0.2, 0.25) is 0 Å². The standard InChI is InChI=1S/C18H19N5O4S/c1-26-12(8-28)14(24)18(27-2)23-10-21-13-15(19-9-20-16(13)23)22-17(25)11-6-4-3-5-7-11/h3-7,9-10,18,24,28H,8H2,1-2H3,(H,19,20,22,25)/b14-12-/t18-/m0/s1. The molecule has 1 amide bonds. The largest absolute Gasteiger partial charge is 0.505 e. The molecule has 2 heterocycles. The molecule has 3 rings (SSSR count). The van der Waals surface area contributed by atoms with E-state index in [0.717, 1.165) is 0 Å². The second-order valence-electron chi connectivity index (χ2n) is 5.63. The monoisotopic (exact) mass is 401 g/mol. The lowest BCUT2D eigenvalue weighted by molar-refractivity contribution is 0.0341. The van der Waals surface area contributed by atoms with Crippen LogP contribution in [0.5, 0.6) is 0 Å². The predicted molar refractivity (Wildman–Crippen MR) is 106 cm³/mol. The summed E-state index contributed by atoms with van der Waals surface area (Å²) in [6.45, 7) is 0. The molecule has 0 saturated heterocycles. The van der Waals surface area contributed by atoms with Crippen molar-refractivity contribution in [3.63, 3.8) is 0 Å². The van der Waals surface area contributed by atoms with E-state index >= 15 is 0 Å². The van der Waals surface area contributed by atoms with E-state index in [0.29, 0.717) is 16.7 Å². The fraction of sp³-hybridized carbons (Fsp3) is 0.222. The zero-order chi connectivity index (χ0) is 20.1. The van der Waals surface area contributed by atoms with Crippen molar-refractivity contribution in [1.82, 2.24) is 19.5 Å². The Morgan fingerprint density at radius 2 is 2.00 bits per heavy atom. The fourth-order valence-electron chi connectivity index (χ4n) is 2.63. The van der Waals surface area contributed by atoms with Crippen molar-refractivity contribution in [3.8, 4) is 0 Å². The van der Waals surface area contributed by atoms with Crippen LogP contribution in [0.15, 0.2) is 54.5 Å². The first kappa shape index (κ1) is 19.6. The van der Waals surface area contributed by atoms with Gasteiger partial charge in [-0.3, -0.25) is 9.36 Å². The van der Waals surface area contributed by atoms with Crippen molar-refractivity contribution in [1.29, 1.82) is 0 Å². The van der Waals surface area contributed by atoms with Gasteiger partial charge in [-0.05, 0) is 12.1 Å². The third kappa shape index (κ3) is 3.78. The third-order valence-electron chi connectivity index (χ3n) is 4.01. The van der Waals surface area contributed by atoms with Gasteiger partial charge in [0.15, 0.2) is 29.0 Å². The molecule has 146 valence electrons. The molecule has 0 fully saturated rings. The Bertz CT molecular complexity index is 1000. The van der Waals surface area contributed by atoms with E-state index in [1.807, 2.05) is 6.07 Å². The topological polar surface area (TPSA) is 111 Å². The van der Waals surface area contributed by atoms with Crippen LogP contribution in [0.4, 0.5) is 5.82 Å². The maximum atomic E-state index is 12.4. The summed E-state index contributed by atoms with van der Waals surface area (Å²) in [5, 5.41) is 13.2. The molecule has 0 unspecified atom stereocenters. The number of nitrogens with one attached hydrogen (secondary N) is 1. The van der Waals surface area contributed by atoms with Gasteiger partial charge in [0, 0.05) is 12.7 Å². The number of rotatable bonds is 7. The van der Waals surface area contributed by atoms with Crippen molar-refractivity contribution < 1.29 is 19.4 Å². The Morgan fingerprint density at radius 1 is 1.25 bits per heavy atom. The van der Waals surface area contributed by atoms with Crippen LogP contribution in [0, 0.1) is 0 Å². The fourth-order valence-corrected chi connectivity index (χ4v) is 2.92. The molecule has 0 aliphatic carbocycles. The first-order valence-corrected chi connectivity index (χ1v) is 8.87. The van der Waals surface area contributed by atoms with Crippen LogP contribution in [-0.4, -0.2) is 50.5 Å². The minimum absolute atomic E-state index is 0.159. The highest BCUT2D eigenvalue weighted by Gasteiger charge is 2.24. The Morgan fingerprint density at radius 3 is 2.64 bits per heavy atom. The number of anilines is 1. The number of nitrogens with zero attached hydrogens (tertiary/aromatic N) is 4. The molecule has 0 aliphatic heterocycles. The molecule has 0 spiro atoms. The molecule has 28 heavy (non-hydrogen) atoms. The molecule has 9 nitrogen and oxygen atoms in total. The van der Waals surface area contributed by atoms with Crippen molar-refractivity contribution in [3.05, 3.63) is 60.1 Å². The third-order valence-corrected chi connectivity index (χ3v) is 4.30. The number of aromatic nitrogens is 4. The number of hydrogen-bond donors (Lipinski definition) is 3. The second kappa shape index (κ2) is 8.72. The summed E-state index contributed by atoms with van der Waals surface area (Å²) in [4.78, 5) is 25.0. The van der Waals surface area contributed by atoms with Gasteiger partial charge in [-0.15, -0.1) is 0 Å². The second-order valence-corrected chi connectivity index (χ2v) is 5.94. The molecule has 0 radical (unpaired) electrons. The highest BCUT2D eigenvalue weighted by atomic mass is 32.1. The number of fused-ring (bicyclic) bond motifs is 1. The van der Waals surface area contributed by atoms with Crippen LogP contribution in [0.2, 0.25) is 0 Å². The number of benzene rings is 1. The SMILES string of the molecule is CO/C(CS)=C(\O)[C@H](OC)n1cnc2c(NC(=O)c3ccccc3)ncnc21. The number of ether oxygens (including phenoxy) is 2. The first-order chi connectivity index (χ1) is 13.6. The van der Waals surface area contributed by atoms with E-state index in [1.54, 1.807) is 24.3 Å². The molecular formula is C18H19N5O4S. The van der Waals surface area contributed by atoms with Crippen LogP contribution in [0.3, 0.4) is 0 Å². The van der Waals surface area contributed by atoms with Crippen LogP contribution >= 0.6 is 12.6 Å². The van der Waals surface area contributed by atoms with Crippen molar-refractivity contribution in [2.45, 2.75) is 6.23 Å². The summed E-state index contributed by atoms with van der Waals surface area (Å²) in [5.74, 6) is 0.203. The summed E-state index contributed by atoms with van der Waals surface area (Å²) in [5.41, 5.74) is 1.21. The number of carbonyl (C=O) groups is 1. The number of thiol groups is 1. The average molecular weight is 401 g/mol. The van der Waals surface area contributed by atoms with Gasteiger partial charge in [0.1, 0.15) is 12.1 Å². The minimum atomic E-state index is -0.931. The zero-order valence-corrected chi connectivity index (χ0v) is 16.1. The van der Waals surface area contributed by atoms with E-state index in [1.165, 1.54) is 31.4 Å². The molecule has 2 aromatic heterocycles. The number of aliphatic hydroxyl groups excluding tert-OH is 1. The Balaban J connectivity index is 1.99. The number of methoxy groups -OCH3 is 2. The number of imidazole rings is 1. The molecule has 0 saturated carbocycles. The highest BCUT2D eigenvalue weighted by molar-refractivity contribution is 7.80. The van der Waals surface area contributed by atoms with Gasteiger partial charge in [0.25, 0.3) is 5.91 Å². The average Bonchev–Trinajstić information content (AvgIpc) is 3.15. The first-order valence-electron chi connectivity index (χ1n) is 8.24. The minimum Gasteiger partial charge on any atom is -0.505 e. The lowest BCUT2D eigenvalue weighted by atomic mass is 10.2. The number of carbonyl (C=O) groups excluding carboxylic acids is 1. The van der Waals surface area contributed by atoms with Gasteiger partial charge >= 0.3 is 0 Å². The lowest BCUT2D eigenvalue weighted by Crippen LogP contribution is -2.17. The summed E-state index contributed by atoms with van der Waals surface area (Å²) >= 11 is 4.13. The Kier molecular flexibility index (Phi) is 6.12. The van der Waals surface area contributed by atoms with Crippen LogP contribution in [0.25, 0.3) is 11.2 Å². The smallest absolute Gasteiger partial charge is 0.256 e. The molecule has 0 aliphatic rings. The highest BCUT2D eigenvalue weighted by Crippen LogP contribution is 2.26. The van der Waals surface area contributed by atoms with Gasteiger partial charge in [-0.25, -0.2) is 15.0 Å². The Labute approximate surface area is 166 Å². The van der Waals surface area contributed by atoms with E-state index in [4.69, 9.17) is 9.47 Å². The van der Waals surface area contributed by atoms with E-state index < -0.39 is 6.23 Å². The lowest BCUT2D eigenvalue weighted by Gasteiger charge is -2.18. The zero-order valence-electron chi connectivity index (χ0n) is 15.2. The van der Waals surface area contributed by atoms with E-state index in [-0.39, 0.29) is 29.0 Å². The van der Waals surface area contributed by atoms with Crippen LogP contribution in [0.1, 0.15) is 16.6 Å². The van der Waals surface area contributed by atoms with Crippen LogP contribution in [-0.2, 0) is 9.47 Å². The normalized spacial score (nSPS) is 13.1. The molecule has 10 heteroatoms. The number of amides is 1. The van der Waals surface area contributed by atoms with E-state index in [9.17, 15) is 9.90 Å². The summed E-state index contributed by atoms with van der Waals surface area (Å²) in [6, 6.07) is 8.75. The summed E-state index contributed by atoms with van der Waals surface area (Å²) in [6.07, 6.45) is 1.80. The molecule has 1 aromatic carbocycles. The number of hydrogen-bond acceptors (Lipinski definition) is 8. The Hall–Kier alpha value is -3.11. The van der Waals surface area contributed by atoms with Gasteiger partial charge in [-0.1, -0.05) is 18.2 Å². The maximum Gasteiger partial charge on any atom is 0.256 e. The maximum absolute atomic E-state index is 12.4. The van der Waals surface area contributed by atoms with E-state index in [2.05, 4.69) is 32.9 Å². The summed E-state index contributed by atoms with van der Waals surface area (Å²) in [7, 11) is 2.86. The van der Waals surface area contributed by atoms with Crippen molar-refractivity contribution >= 4 is 35.5 Å². The van der Waals surface area contributed by atoms with Gasteiger partial charge in [0.05, 0.1) is 19.2 Å². The number of aliphatic hydroxyl groups is 1.